The Morgan fingerprint density at radius 2 is 1.73 bits per heavy atom. The van der Waals surface area contributed by atoms with Crippen LogP contribution >= 0.6 is 11.8 Å². The number of nitrogens with one attached hydrogen (secondary N) is 1. The van der Waals surface area contributed by atoms with Gasteiger partial charge in [0.05, 0.1) is 29.3 Å². The van der Waals surface area contributed by atoms with Crippen molar-refractivity contribution in [1.29, 1.82) is 0 Å². The molecule has 0 spiro atoms. The van der Waals surface area contributed by atoms with E-state index >= 15 is 0 Å². The molecule has 0 bridgehead atoms. The summed E-state index contributed by atoms with van der Waals surface area (Å²) in [5.41, 5.74) is 3.82. The molecule has 0 fully saturated rings. The first kappa shape index (κ1) is 21.5. The number of aryl methyl sites for hydroxylation is 1. The first-order valence-corrected chi connectivity index (χ1v) is 10.7. The molecular formula is C23H23N3O3S. The molecule has 2 aromatic carbocycles. The maximum Gasteiger partial charge on any atom is 0.340 e. The second-order valence-corrected chi connectivity index (χ2v) is 7.41. The van der Waals surface area contributed by atoms with E-state index in [4.69, 9.17) is 4.74 Å². The van der Waals surface area contributed by atoms with Crippen molar-refractivity contribution in [2.45, 2.75) is 25.3 Å². The van der Waals surface area contributed by atoms with Gasteiger partial charge in [-0.25, -0.2) is 4.79 Å². The van der Waals surface area contributed by atoms with E-state index in [1.165, 1.54) is 17.3 Å². The molecule has 1 aromatic heterocycles. The predicted octanol–water partition coefficient (Wildman–Crippen LogP) is 4.61. The maximum absolute atomic E-state index is 12.3. The smallest absolute Gasteiger partial charge is 0.340 e. The molecule has 30 heavy (non-hydrogen) atoms. The summed E-state index contributed by atoms with van der Waals surface area (Å²) in [6, 6.07) is 18.7. The monoisotopic (exact) mass is 421 g/mol. The lowest BCUT2D eigenvalue weighted by molar-refractivity contribution is -0.113. The molecule has 3 rings (SSSR count). The van der Waals surface area contributed by atoms with E-state index in [0.717, 1.165) is 17.7 Å². The second-order valence-electron chi connectivity index (χ2n) is 6.41. The Balaban J connectivity index is 1.58. The number of para-hydroxylation sites is 1. The molecule has 7 heteroatoms. The lowest BCUT2D eigenvalue weighted by Gasteiger charge is -2.10. The third-order valence-electron chi connectivity index (χ3n) is 4.35. The summed E-state index contributed by atoms with van der Waals surface area (Å²) in [7, 11) is 0. The molecule has 0 saturated carbocycles. The van der Waals surface area contributed by atoms with Crippen LogP contribution in [-0.4, -0.2) is 34.4 Å². The number of aromatic nitrogens is 2. The highest BCUT2D eigenvalue weighted by atomic mass is 32.2. The lowest BCUT2D eigenvalue weighted by atomic mass is 10.1. The van der Waals surface area contributed by atoms with E-state index in [2.05, 4.69) is 34.6 Å². The van der Waals surface area contributed by atoms with Gasteiger partial charge in [0.2, 0.25) is 5.91 Å². The molecule has 0 radical (unpaired) electrons. The zero-order valence-corrected chi connectivity index (χ0v) is 17.7. The SMILES string of the molecule is CCOC(=O)c1ccccc1NC(=O)CSc1ccc(-c2ccc(CC)cc2)nn1. The second kappa shape index (κ2) is 10.5. The zero-order chi connectivity index (χ0) is 21.3. The van der Waals surface area contributed by atoms with Crippen LogP contribution in [0.15, 0.2) is 65.7 Å². The first-order chi connectivity index (χ1) is 14.6. The first-order valence-electron chi connectivity index (χ1n) is 9.72. The molecule has 0 aliphatic heterocycles. The predicted molar refractivity (Wildman–Crippen MR) is 119 cm³/mol. The summed E-state index contributed by atoms with van der Waals surface area (Å²) in [6.45, 7) is 4.13. The zero-order valence-electron chi connectivity index (χ0n) is 16.9. The van der Waals surface area contributed by atoms with E-state index < -0.39 is 5.97 Å². The van der Waals surface area contributed by atoms with E-state index in [-0.39, 0.29) is 18.3 Å². The standard InChI is InChI=1S/C23H23N3O3S/c1-3-16-9-11-17(12-10-16)19-13-14-22(26-25-19)30-15-21(27)24-20-8-6-5-7-18(20)23(28)29-4-2/h5-14H,3-4,15H2,1-2H3,(H,24,27). The minimum Gasteiger partial charge on any atom is -0.462 e. The Morgan fingerprint density at radius 1 is 0.967 bits per heavy atom. The number of carbonyl (C=O) groups is 2. The van der Waals surface area contributed by atoms with Gasteiger partial charge in [-0.05, 0) is 43.2 Å². The minimum atomic E-state index is -0.463. The highest BCUT2D eigenvalue weighted by molar-refractivity contribution is 7.99. The van der Waals surface area contributed by atoms with E-state index in [1.807, 2.05) is 24.3 Å². The molecule has 0 atom stereocenters. The number of hydrogen-bond acceptors (Lipinski definition) is 6. The molecule has 0 unspecified atom stereocenters. The van der Waals surface area contributed by atoms with Crippen LogP contribution in [0.25, 0.3) is 11.3 Å². The van der Waals surface area contributed by atoms with Gasteiger partial charge in [-0.1, -0.05) is 55.1 Å². The van der Waals surface area contributed by atoms with Gasteiger partial charge in [0.25, 0.3) is 0 Å². The van der Waals surface area contributed by atoms with Crippen LogP contribution < -0.4 is 5.32 Å². The van der Waals surface area contributed by atoms with E-state index in [0.29, 0.717) is 16.3 Å². The third-order valence-corrected chi connectivity index (χ3v) is 5.27. The molecule has 1 amide bonds. The number of benzene rings is 2. The van der Waals surface area contributed by atoms with Crippen LogP contribution in [0.5, 0.6) is 0 Å². The molecule has 6 nitrogen and oxygen atoms in total. The Labute approximate surface area is 180 Å². The van der Waals surface area contributed by atoms with Gasteiger partial charge in [0.15, 0.2) is 0 Å². The number of carbonyl (C=O) groups excluding carboxylic acids is 2. The summed E-state index contributed by atoms with van der Waals surface area (Å²) >= 11 is 1.28. The summed E-state index contributed by atoms with van der Waals surface area (Å²) < 4.78 is 5.03. The number of nitrogens with zero attached hydrogens (tertiary/aromatic N) is 2. The summed E-state index contributed by atoms with van der Waals surface area (Å²) in [5.74, 6) is -0.552. The molecule has 0 aliphatic carbocycles. The number of rotatable bonds is 8. The van der Waals surface area contributed by atoms with Gasteiger partial charge < -0.3 is 10.1 Å². The summed E-state index contributed by atoms with van der Waals surface area (Å²) in [5, 5.41) is 11.9. The van der Waals surface area contributed by atoms with Crippen molar-refractivity contribution < 1.29 is 14.3 Å². The Kier molecular flexibility index (Phi) is 7.57. The molecule has 3 aromatic rings. The van der Waals surface area contributed by atoms with Crippen LogP contribution in [0.1, 0.15) is 29.8 Å². The fourth-order valence-corrected chi connectivity index (χ4v) is 3.38. The quantitative estimate of drug-likeness (QED) is 0.422. The Hall–Kier alpha value is -3.19. The fourth-order valence-electron chi connectivity index (χ4n) is 2.77. The van der Waals surface area contributed by atoms with Gasteiger partial charge in [0, 0.05) is 5.56 Å². The maximum atomic E-state index is 12.3. The van der Waals surface area contributed by atoms with Crippen molar-refractivity contribution in [1.82, 2.24) is 10.2 Å². The Morgan fingerprint density at radius 3 is 2.40 bits per heavy atom. The van der Waals surface area contributed by atoms with Crippen molar-refractivity contribution in [3.05, 3.63) is 71.8 Å². The largest absolute Gasteiger partial charge is 0.462 e. The molecule has 1 heterocycles. The average Bonchev–Trinajstić information content (AvgIpc) is 2.78. The van der Waals surface area contributed by atoms with E-state index in [1.54, 1.807) is 31.2 Å². The topological polar surface area (TPSA) is 81.2 Å². The van der Waals surface area contributed by atoms with Crippen LogP contribution in [0.3, 0.4) is 0 Å². The van der Waals surface area contributed by atoms with Crippen molar-refractivity contribution in [3.63, 3.8) is 0 Å². The Bertz CT molecular complexity index is 1000. The van der Waals surface area contributed by atoms with Gasteiger partial charge in [-0.3, -0.25) is 4.79 Å². The van der Waals surface area contributed by atoms with Crippen molar-refractivity contribution >= 4 is 29.3 Å². The number of amides is 1. The van der Waals surface area contributed by atoms with Crippen molar-refractivity contribution in [3.8, 4) is 11.3 Å². The number of esters is 1. The van der Waals surface area contributed by atoms with Gasteiger partial charge in [-0.15, -0.1) is 10.2 Å². The van der Waals surface area contributed by atoms with Gasteiger partial charge in [0.1, 0.15) is 5.03 Å². The van der Waals surface area contributed by atoms with Crippen LogP contribution in [0, 0.1) is 0 Å². The van der Waals surface area contributed by atoms with Gasteiger partial charge in [-0.2, -0.15) is 0 Å². The third kappa shape index (κ3) is 5.67. The van der Waals surface area contributed by atoms with Crippen LogP contribution in [-0.2, 0) is 16.0 Å². The van der Waals surface area contributed by atoms with Crippen molar-refractivity contribution in [2.75, 3.05) is 17.7 Å². The van der Waals surface area contributed by atoms with E-state index in [9.17, 15) is 9.59 Å². The van der Waals surface area contributed by atoms with Gasteiger partial charge >= 0.3 is 5.97 Å². The molecule has 0 aliphatic rings. The summed E-state index contributed by atoms with van der Waals surface area (Å²) in [4.78, 5) is 24.3. The highest BCUT2D eigenvalue weighted by Gasteiger charge is 2.14. The summed E-state index contributed by atoms with van der Waals surface area (Å²) in [6.07, 6.45) is 0.994. The lowest BCUT2D eigenvalue weighted by Crippen LogP contribution is -2.17. The number of ether oxygens (including phenoxy) is 1. The van der Waals surface area contributed by atoms with Crippen molar-refractivity contribution in [2.24, 2.45) is 0 Å². The van der Waals surface area contributed by atoms with Crippen LogP contribution in [0.4, 0.5) is 5.69 Å². The number of thioether (sulfide) groups is 1. The average molecular weight is 422 g/mol. The number of anilines is 1. The fraction of sp³-hybridized carbons (Fsp3) is 0.217. The number of hydrogen-bond donors (Lipinski definition) is 1. The van der Waals surface area contributed by atoms with Crippen LogP contribution in [0.2, 0.25) is 0 Å². The normalized spacial score (nSPS) is 10.5. The molecule has 154 valence electrons. The molecule has 1 N–H and O–H groups in total. The molecule has 0 saturated heterocycles. The molecular weight excluding hydrogens is 398 g/mol. The minimum absolute atomic E-state index is 0.149. The highest BCUT2D eigenvalue weighted by Crippen LogP contribution is 2.21.